The van der Waals surface area contributed by atoms with Crippen LogP contribution in [0.2, 0.25) is 0 Å². The molecule has 1 aliphatic rings. The third kappa shape index (κ3) is 3.27. The first-order valence-electron chi connectivity index (χ1n) is 9.92. The molecule has 144 valence electrons. The van der Waals surface area contributed by atoms with Gasteiger partial charge in [0.1, 0.15) is 6.17 Å². The van der Waals surface area contributed by atoms with E-state index in [0.29, 0.717) is 12.8 Å². The number of rotatable bonds is 4. The molecule has 1 aliphatic heterocycles. The van der Waals surface area contributed by atoms with Gasteiger partial charge in [-0.25, -0.2) is 5.06 Å². The van der Waals surface area contributed by atoms with Crippen LogP contribution in [0.25, 0.3) is 21.5 Å². The first-order chi connectivity index (χ1) is 14.2. The largest absolute Gasteiger partial charge is 0.284 e. The number of carbonyl (C=O) groups is 1. The topological polar surface area (TPSA) is 52.6 Å². The van der Waals surface area contributed by atoms with Crippen molar-refractivity contribution in [3.05, 3.63) is 96.1 Å². The quantitative estimate of drug-likeness (QED) is 0.518. The van der Waals surface area contributed by atoms with E-state index < -0.39 is 12.2 Å². The summed E-state index contributed by atoms with van der Waals surface area (Å²) < 4.78 is 0. The fourth-order valence-electron chi connectivity index (χ4n) is 4.35. The third-order valence-electron chi connectivity index (χ3n) is 5.81. The lowest BCUT2D eigenvalue weighted by Crippen LogP contribution is -2.37. The number of hydrogen-bond donors (Lipinski definition) is 2. The maximum Gasteiger partial charge on any atom is 0.264 e. The molecule has 0 aromatic heterocycles. The third-order valence-corrected chi connectivity index (χ3v) is 5.81. The van der Waals surface area contributed by atoms with Crippen LogP contribution < -0.4 is 5.32 Å². The van der Waals surface area contributed by atoms with Crippen LogP contribution in [-0.2, 0) is 17.6 Å². The minimum Gasteiger partial charge on any atom is -0.284 e. The second kappa shape index (κ2) is 7.32. The van der Waals surface area contributed by atoms with Crippen LogP contribution in [-0.4, -0.2) is 28.4 Å². The van der Waals surface area contributed by atoms with Gasteiger partial charge < -0.3 is 0 Å². The van der Waals surface area contributed by atoms with Crippen molar-refractivity contribution in [1.29, 1.82) is 0 Å². The normalized spacial score (nSPS) is 19.3. The van der Waals surface area contributed by atoms with E-state index in [2.05, 4.69) is 53.8 Å². The van der Waals surface area contributed by atoms with Gasteiger partial charge in [-0.3, -0.25) is 15.3 Å². The zero-order chi connectivity index (χ0) is 19.8. The number of nitrogens with zero attached hydrogens (tertiary/aromatic N) is 1. The van der Waals surface area contributed by atoms with E-state index in [-0.39, 0.29) is 5.91 Å². The molecule has 1 amide bonds. The highest BCUT2D eigenvalue weighted by molar-refractivity contribution is 5.89. The molecule has 5 rings (SSSR count). The molecule has 0 saturated carbocycles. The van der Waals surface area contributed by atoms with E-state index in [1.165, 1.54) is 0 Å². The molecule has 0 aliphatic carbocycles. The van der Waals surface area contributed by atoms with E-state index in [4.69, 9.17) is 0 Å². The van der Waals surface area contributed by atoms with Crippen molar-refractivity contribution in [2.75, 3.05) is 0 Å². The molecule has 0 radical (unpaired) electrons. The van der Waals surface area contributed by atoms with Crippen LogP contribution >= 0.6 is 0 Å². The number of nitrogens with one attached hydrogen (secondary N) is 1. The van der Waals surface area contributed by atoms with Crippen LogP contribution in [0.5, 0.6) is 0 Å². The van der Waals surface area contributed by atoms with Crippen LogP contribution in [0.3, 0.4) is 0 Å². The van der Waals surface area contributed by atoms with Gasteiger partial charge in [-0.05, 0) is 39.1 Å². The lowest BCUT2D eigenvalue weighted by molar-refractivity contribution is -0.166. The molecule has 4 heteroatoms. The highest BCUT2D eigenvalue weighted by atomic mass is 16.5. The number of carbonyl (C=O) groups excluding carboxylic acids is 1. The summed E-state index contributed by atoms with van der Waals surface area (Å²) in [6, 6.07) is 28.2. The number of hydroxylamine groups is 2. The molecule has 4 aromatic carbocycles. The Bertz CT molecular complexity index is 1190. The van der Waals surface area contributed by atoms with Gasteiger partial charge in [-0.15, -0.1) is 0 Å². The SMILES string of the molecule is O=C1[C@H](Cc2cccc3ccccc23)N[C@@H](Cc2cccc3ccccc23)N1O. The number of amides is 1. The van der Waals surface area contributed by atoms with Crippen LogP contribution in [0.1, 0.15) is 11.1 Å². The van der Waals surface area contributed by atoms with Crippen molar-refractivity contribution < 1.29 is 10.0 Å². The lowest BCUT2D eigenvalue weighted by atomic mass is 9.99. The van der Waals surface area contributed by atoms with Gasteiger partial charge in [0.2, 0.25) is 0 Å². The van der Waals surface area contributed by atoms with Gasteiger partial charge in [0.25, 0.3) is 5.91 Å². The zero-order valence-electron chi connectivity index (χ0n) is 16.0. The Kier molecular flexibility index (Phi) is 4.51. The van der Waals surface area contributed by atoms with Crippen molar-refractivity contribution >= 4 is 27.5 Å². The summed E-state index contributed by atoms with van der Waals surface area (Å²) in [6.45, 7) is 0. The van der Waals surface area contributed by atoms with Gasteiger partial charge in [0.15, 0.2) is 0 Å². The molecule has 4 aromatic rings. The van der Waals surface area contributed by atoms with Gasteiger partial charge >= 0.3 is 0 Å². The smallest absolute Gasteiger partial charge is 0.264 e. The average molecular weight is 382 g/mol. The van der Waals surface area contributed by atoms with Crippen LogP contribution in [0.15, 0.2) is 84.9 Å². The Labute approximate surface area is 169 Å². The molecule has 2 atom stereocenters. The summed E-state index contributed by atoms with van der Waals surface area (Å²) in [5.41, 5.74) is 2.21. The number of fused-ring (bicyclic) bond motifs is 2. The Balaban J connectivity index is 1.39. The molecule has 1 saturated heterocycles. The first kappa shape index (κ1) is 17.9. The monoisotopic (exact) mass is 382 g/mol. The summed E-state index contributed by atoms with van der Waals surface area (Å²) >= 11 is 0. The zero-order valence-corrected chi connectivity index (χ0v) is 16.0. The molecular formula is C25H22N2O2. The fraction of sp³-hybridized carbons (Fsp3) is 0.160. The molecule has 1 heterocycles. The van der Waals surface area contributed by atoms with Crippen molar-refractivity contribution in [2.24, 2.45) is 0 Å². The number of benzene rings is 4. The van der Waals surface area contributed by atoms with Gasteiger partial charge in [0.05, 0.1) is 6.04 Å². The Morgan fingerprint density at radius 1 is 0.724 bits per heavy atom. The molecular weight excluding hydrogens is 360 g/mol. The van der Waals surface area contributed by atoms with Crippen LogP contribution in [0, 0.1) is 0 Å². The minimum atomic E-state index is -0.439. The van der Waals surface area contributed by atoms with Crippen molar-refractivity contribution in [3.63, 3.8) is 0 Å². The summed E-state index contributed by atoms with van der Waals surface area (Å²) in [6.07, 6.45) is 0.659. The molecule has 1 fully saturated rings. The Hall–Kier alpha value is -3.21. The Morgan fingerprint density at radius 3 is 1.86 bits per heavy atom. The van der Waals surface area contributed by atoms with Crippen molar-refractivity contribution in [2.45, 2.75) is 25.0 Å². The molecule has 29 heavy (non-hydrogen) atoms. The van der Waals surface area contributed by atoms with Gasteiger partial charge in [-0.2, -0.15) is 0 Å². The van der Waals surface area contributed by atoms with E-state index in [1.807, 2.05) is 36.4 Å². The Morgan fingerprint density at radius 2 is 1.24 bits per heavy atom. The molecule has 4 nitrogen and oxygen atoms in total. The van der Waals surface area contributed by atoms with Gasteiger partial charge in [0, 0.05) is 6.42 Å². The van der Waals surface area contributed by atoms with E-state index in [0.717, 1.165) is 37.7 Å². The second-order valence-corrected chi connectivity index (χ2v) is 7.60. The molecule has 0 spiro atoms. The molecule has 0 bridgehead atoms. The number of hydrogen-bond acceptors (Lipinski definition) is 3. The summed E-state index contributed by atoms with van der Waals surface area (Å²) in [5, 5.41) is 19.3. The fourth-order valence-corrected chi connectivity index (χ4v) is 4.35. The predicted octanol–water partition coefficient (Wildman–Crippen LogP) is 4.29. The standard InChI is InChI=1S/C25H22N2O2/c28-25-23(15-19-11-5-9-17-7-1-3-13-21(17)19)26-24(27(25)29)16-20-12-6-10-18-8-2-4-14-22(18)20/h1-14,23-24,26,29H,15-16H2/t23-,24+/m0/s1. The maximum atomic E-state index is 12.7. The second-order valence-electron chi connectivity index (χ2n) is 7.60. The van der Waals surface area contributed by atoms with Crippen molar-refractivity contribution in [1.82, 2.24) is 10.4 Å². The maximum absolute atomic E-state index is 12.7. The first-order valence-corrected chi connectivity index (χ1v) is 9.92. The van der Waals surface area contributed by atoms with E-state index >= 15 is 0 Å². The predicted molar refractivity (Wildman–Crippen MR) is 115 cm³/mol. The lowest BCUT2D eigenvalue weighted by Gasteiger charge is -2.18. The minimum absolute atomic E-state index is 0.275. The van der Waals surface area contributed by atoms with E-state index in [1.54, 1.807) is 0 Å². The molecule has 0 unspecified atom stereocenters. The highest BCUT2D eigenvalue weighted by Crippen LogP contribution is 2.25. The van der Waals surface area contributed by atoms with Gasteiger partial charge in [-0.1, -0.05) is 84.9 Å². The van der Waals surface area contributed by atoms with E-state index in [9.17, 15) is 10.0 Å². The summed E-state index contributed by atoms with van der Waals surface area (Å²) in [5.74, 6) is -0.275. The van der Waals surface area contributed by atoms with Crippen molar-refractivity contribution in [3.8, 4) is 0 Å². The van der Waals surface area contributed by atoms with Crippen LogP contribution in [0.4, 0.5) is 0 Å². The highest BCUT2D eigenvalue weighted by Gasteiger charge is 2.38. The summed E-state index contributed by atoms with van der Waals surface area (Å²) in [7, 11) is 0. The molecule has 2 N–H and O–H groups in total. The summed E-state index contributed by atoms with van der Waals surface area (Å²) in [4.78, 5) is 12.7. The average Bonchev–Trinajstić information content (AvgIpc) is 3.02.